The maximum Gasteiger partial charge on any atom is 0.230 e. The predicted octanol–water partition coefficient (Wildman–Crippen LogP) is 3.57. The second-order valence-corrected chi connectivity index (χ2v) is 6.90. The lowest BCUT2D eigenvalue weighted by atomic mass is 10.1. The summed E-state index contributed by atoms with van der Waals surface area (Å²) in [6, 6.07) is 19.0. The van der Waals surface area contributed by atoms with Gasteiger partial charge in [-0.3, -0.25) is 4.79 Å². The summed E-state index contributed by atoms with van der Waals surface area (Å²) in [7, 11) is 3.25. The van der Waals surface area contributed by atoms with Gasteiger partial charge in [0.15, 0.2) is 0 Å². The summed E-state index contributed by atoms with van der Waals surface area (Å²) < 4.78 is 10.3. The molecule has 0 atom stereocenters. The first-order valence-corrected chi connectivity index (χ1v) is 9.67. The van der Waals surface area contributed by atoms with Gasteiger partial charge < -0.3 is 14.8 Å². The molecule has 1 aromatic heterocycles. The molecule has 0 bridgehead atoms. The fourth-order valence-electron chi connectivity index (χ4n) is 2.49. The van der Waals surface area contributed by atoms with Crippen molar-refractivity contribution in [2.24, 2.45) is 0 Å². The number of aromatic nitrogens is 2. The molecule has 1 N–H and O–H groups in total. The molecule has 1 amide bonds. The largest absolute Gasteiger partial charge is 0.497 e. The lowest BCUT2D eigenvalue weighted by molar-refractivity contribution is -0.118. The Bertz CT molecular complexity index is 915. The molecular weight excluding hydrogens is 374 g/mol. The molecule has 0 saturated heterocycles. The summed E-state index contributed by atoms with van der Waals surface area (Å²) in [5.41, 5.74) is 2.72. The highest BCUT2D eigenvalue weighted by Gasteiger charge is 2.06. The fraction of sp³-hybridized carbons (Fsp3) is 0.190. The number of nitrogens with zero attached hydrogens (tertiary/aromatic N) is 2. The molecule has 0 aliphatic rings. The van der Waals surface area contributed by atoms with E-state index in [0.717, 1.165) is 28.3 Å². The Balaban J connectivity index is 1.49. The molecule has 1 heterocycles. The number of carbonyl (C=O) groups excluding carboxylic acids is 1. The number of thioether (sulfide) groups is 1. The average molecular weight is 395 g/mol. The van der Waals surface area contributed by atoms with Crippen LogP contribution in [0.3, 0.4) is 0 Å². The number of amides is 1. The van der Waals surface area contributed by atoms with Gasteiger partial charge in [0.1, 0.15) is 16.5 Å². The Morgan fingerprint density at radius 2 is 1.75 bits per heavy atom. The van der Waals surface area contributed by atoms with E-state index in [-0.39, 0.29) is 11.7 Å². The Hall–Kier alpha value is -3.06. The quantitative estimate of drug-likeness (QED) is 0.588. The molecule has 0 aliphatic carbocycles. The Morgan fingerprint density at radius 3 is 2.43 bits per heavy atom. The zero-order chi connectivity index (χ0) is 19.8. The van der Waals surface area contributed by atoms with E-state index in [2.05, 4.69) is 15.5 Å². The van der Waals surface area contributed by atoms with Crippen LogP contribution < -0.4 is 14.8 Å². The Morgan fingerprint density at radius 1 is 0.964 bits per heavy atom. The Labute approximate surface area is 168 Å². The van der Waals surface area contributed by atoms with Crippen LogP contribution in [0.1, 0.15) is 5.56 Å². The summed E-state index contributed by atoms with van der Waals surface area (Å²) in [6.45, 7) is 0.457. The molecule has 0 unspecified atom stereocenters. The van der Waals surface area contributed by atoms with E-state index in [9.17, 15) is 4.79 Å². The summed E-state index contributed by atoms with van der Waals surface area (Å²) in [6.07, 6.45) is 0. The van der Waals surface area contributed by atoms with Crippen molar-refractivity contribution in [3.8, 4) is 22.8 Å². The average Bonchev–Trinajstić information content (AvgIpc) is 2.77. The first kappa shape index (κ1) is 19.7. The van der Waals surface area contributed by atoms with Gasteiger partial charge in [-0.15, -0.1) is 10.2 Å². The number of ether oxygens (including phenoxy) is 2. The standard InChI is InChI=1S/C21H21N3O3S/c1-26-17-8-6-16(7-9-17)19-10-11-21(24-23-19)28-14-20(25)22-13-15-4-3-5-18(12-15)27-2/h3-12H,13-14H2,1-2H3,(H,22,25). The van der Waals surface area contributed by atoms with E-state index in [1.54, 1.807) is 14.2 Å². The summed E-state index contributed by atoms with van der Waals surface area (Å²) in [5.74, 6) is 1.78. The van der Waals surface area contributed by atoms with Crippen LogP contribution in [0.4, 0.5) is 0 Å². The second-order valence-electron chi connectivity index (χ2n) is 5.90. The van der Waals surface area contributed by atoms with Crippen LogP contribution in [0, 0.1) is 0 Å². The molecule has 0 radical (unpaired) electrons. The number of methoxy groups -OCH3 is 2. The number of nitrogens with one attached hydrogen (secondary N) is 1. The van der Waals surface area contributed by atoms with Gasteiger partial charge in [-0.05, 0) is 54.1 Å². The van der Waals surface area contributed by atoms with Gasteiger partial charge >= 0.3 is 0 Å². The maximum absolute atomic E-state index is 12.1. The number of hydrogen-bond donors (Lipinski definition) is 1. The molecule has 2 aromatic carbocycles. The van der Waals surface area contributed by atoms with Crippen LogP contribution in [0.2, 0.25) is 0 Å². The van der Waals surface area contributed by atoms with Gasteiger partial charge in [0, 0.05) is 12.1 Å². The van der Waals surface area contributed by atoms with Gasteiger partial charge in [-0.2, -0.15) is 0 Å². The van der Waals surface area contributed by atoms with Crippen molar-refractivity contribution >= 4 is 17.7 Å². The molecule has 3 aromatic rings. The smallest absolute Gasteiger partial charge is 0.230 e. The third-order valence-electron chi connectivity index (χ3n) is 4.00. The molecular formula is C21H21N3O3S. The first-order chi connectivity index (χ1) is 13.7. The van der Waals surface area contributed by atoms with Gasteiger partial charge in [0.2, 0.25) is 5.91 Å². The number of rotatable bonds is 8. The highest BCUT2D eigenvalue weighted by Crippen LogP contribution is 2.22. The second kappa shape index (κ2) is 9.75. The summed E-state index contributed by atoms with van der Waals surface area (Å²) in [5, 5.41) is 12.0. The van der Waals surface area contributed by atoms with E-state index >= 15 is 0 Å². The molecule has 7 heteroatoms. The van der Waals surface area contributed by atoms with Crippen molar-refractivity contribution in [1.82, 2.24) is 15.5 Å². The number of hydrogen-bond acceptors (Lipinski definition) is 6. The number of carbonyl (C=O) groups is 1. The molecule has 28 heavy (non-hydrogen) atoms. The zero-order valence-electron chi connectivity index (χ0n) is 15.7. The van der Waals surface area contributed by atoms with Crippen LogP contribution in [0.25, 0.3) is 11.3 Å². The van der Waals surface area contributed by atoms with Crippen molar-refractivity contribution in [3.63, 3.8) is 0 Å². The van der Waals surface area contributed by atoms with E-state index in [1.165, 1.54) is 11.8 Å². The minimum Gasteiger partial charge on any atom is -0.497 e. The molecule has 6 nitrogen and oxygen atoms in total. The Kier molecular flexibility index (Phi) is 6.86. The van der Waals surface area contributed by atoms with Crippen LogP contribution >= 0.6 is 11.8 Å². The van der Waals surface area contributed by atoms with Crippen LogP contribution in [-0.4, -0.2) is 36.1 Å². The molecule has 0 spiro atoms. The highest BCUT2D eigenvalue weighted by atomic mass is 32.2. The van der Waals surface area contributed by atoms with Gasteiger partial charge in [-0.1, -0.05) is 23.9 Å². The minimum atomic E-state index is -0.0612. The van der Waals surface area contributed by atoms with Crippen molar-refractivity contribution in [3.05, 3.63) is 66.2 Å². The molecule has 0 saturated carbocycles. The summed E-state index contributed by atoms with van der Waals surface area (Å²) >= 11 is 1.35. The first-order valence-electron chi connectivity index (χ1n) is 8.68. The van der Waals surface area contributed by atoms with E-state index in [0.29, 0.717) is 11.6 Å². The molecule has 0 aliphatic heterocycles. The topological polar surface area (TPSA) is 73.3 Å². The van der Waals surface area contributed by atoms with Crippen LogP contribution in [0.15, 0.2) is 65.7 Å². The number of benzene rings is 2. The predicted molar refractivity (Wildman–Crippen MR) is 110 cm³/mol. The van der Waals surface area contributed by atoms with Gasteiger partial charge in [0.05, 0.1) is 25.7 Å². The minimum absolute atomic E-state index is 0.0612. The van der Waals surface area contributed by atoms with Gasteiger partial charge in [0.25, 0.3) is 0 Å². The van der Waals surface area contributed by atoms with Gasteiger partial charge in [-0.25, -0.2) is 0 Å². The van der Waals surface area contributed by atoms with E-state index < -0.39 is 0 Å². The van der Waals surface area contributed by atoms with Crippen LogP contribution in [0.5, 0.6) is 11.5 Å². The molecule has 0 fully saturated rings. The third-order valence-corrected chi connectivity index (χ3v) is 4.92. The van der Waals surface area contributed by atoms with Crippen molar-refractivity contribution in [2.45, 2.75) is 11.6 Å². The fourth-order valence-corrected chi connectivity index (χ4v) is 3.13. The van der Waals surface area contributed by atoms with Crippen LogP contribution in [-0.2, 0) is 11.3 Å². The van der Waals surface area contributed by atoms with Crippen molar-refractivity contribution < 1.29 is 14.3 Å². The lowest BCUT2D eigenvalue weighted by Gasteiger charge is -2.07. The van der Waals surface area contributed by atoms with Crippen molar-refractivity contribution in [2.75, 3.05) is 20.0 Å². The summed E-state index contributed by atoms with van der Waals surface area (Å²) in [4.78, 5) is 12.1. The lowest BCUT2D eigenvalue weighted by Crippen LogP contribution is -2.24. The zero-order valence-corrected chi connectivity index (χ0v) is 16.5. The molecule has 3 rings (SSSR count). The van der Waals surface area contributed by atoms with E-state index in [4.69, 9.17) is 9.47 Å². The van der Waals surface area contributed by atoms with Crippen molar-refractivity contribution in [1.29, 1.82) is 0 Å². The van der Waals surface area contributed by atoms with E-state index in [1.807, 2.05) is 60.7 Å². The SMILES string of the molecule is COc1ccc(-c2ccc(SCC(=O)NCc3cccc(OC)c3)nn2)cc1. The monoisotopic (exact) mass is 395 g/mol. The normalized spacial score (nSPS) is 10.4. The third kappa shape index (κ3) is 5.47. The highest BCUT2D eigenvalue weighted by molar-refractivity contribution is 7.99. The molecule has 144 valence electrons. The maximum atomic E-state index is 12.1.